The average Bonchev–Trinajstić information content (AvgIpc) is 0.954. The Hall–Kier alpha value is -2.98. The van der Waals surface area contributed by atoms with Gasteiger partial charge in [-0.05, 0) is 83.0 Å². The quantitative estimate of drug-likeness (QED) is 0.0169. The van der Waals surface area contributed by atoms with E-state index in [0.29, 0.717) is 25.7 Å². The number of carbonyl (C=O) groups excluding carboxylic acids is 4. The van der Waals surface area contributed by atoms with E-state index in [2.05, 4.69) is 83.2 Å². The van der Waals surface area contributed by atoms with E-state index in [1.165, 1.54) is 193 Å². The lowest BCUT2D eigenvalue weighted by Crippen LogP contribution is -2.30. The molecule has 0 aliphatic heterocycles. The Morgan fingerprint density at radius 1 is 0.311 bits per heavy atom. The summed E-state index contributed by atoms with van der Waals surface area (Å²) in [4.78, 5) is 73.1. The average molecular weight is 1500 g/mol. The molecule has 0 amide bonds. The van der Waals surface area contributed by atoms with Gasteiger partial charge in [0.1, 0.15) is 19.3 Å². The number of phosphoric ester groups is 2. The molecule has 0 aliphatic carbocycles. The highest BCUT2D eigenvalue weighted by Gasteiger charge is 2.30. The third-order valence-corrected chi connectivity index (χ3v) is 20.8. The van der Waals surface area contributed by atoms with Gasteiger partial charge in [0.25, 0.3) is 0 Å². The molecule has 0 spiro atoms. The second-order valence-electron chi connectivity index (χ2n) is 29.1. The first kappa shape index (κ1) is 100. The summed E-state index contributed by atoms with van der Waals surface area (Å²) < 4.78 is 68.7. The van der Waals surface area contributed by atoms with Gasteiger partial charge in [-0.1, -0.05) is 346 Å². The van der Waals surface area contributed by atoms with Gasteiger partial charge in [0.15, 0.2) is 12.2 Å². The van der Waals surface area contributed by atoms with Crippen molar-refractivity contribution in [1.82, 2.24) is 0 Å². The summed E-state index contributed by atoms with van der Waals surface area (Å²) in [5, 5.41) is 10.7. The van der Waals surface area contributed by atoms with E-state index in [0.717, 1.165) is 128 Å². The fraction of sp³-hybridized carbons (Fsp3) is 0.857. The van der Waals surface area contributed by atoms with Crippen molar-refractivity contribution < 1.29 is 80.2 Å². The van der Waals surface area contributed by atoms with Crippen LogP contribution in [0.4, 0.5) is 0 Å². The number of ether oxygens (including phenoxy) is 4. The summed E-state index contributed by atoms with van der Waals surface area (Å²) in [6, 6.07) is 0. The molecule has 3 N–H and O–H groups in total. The van der Waals surface area contributed by atoms with Crippen LogP contribution in [0.5, 0.6) is 0 Å². The molecule has 17 nitrogen and oxygen atoms in total. The second-order valence-corrected chi connectivity index (χ2v) is 32.0. The predicted molar refractivity (Wildman–Crippen MR) is 423 cm³/mol. The molecule has 0 aromatic carbocycles. The van der Waals surface area contributed by atoms with E-state index >= 15 is 0 Å². The van der Waals surface area contributed by atoms with Gasteiger partial charge in [-0.25, -0.2) is 9.13 Å². The second kappa shape index (κ2) is 75.8. The number of hydrogen-bond donors (Lipinski definition) is 3. The van der Waals surface area contributed by atoms with Crippen LogP contribution in [0.25, 0.3) is 0 Å². The van der Waals surface area contributed by atoms with Crippen LogP contribution >= 0.6 is 15.6 Å². The van der Waals surface area contributed by atoms with Gasteiger partial charge in [-0.3, -0.25) is 37.3 Å². The van der Waals surface area contributed by atoms with Crippen LogP contribution in [-0.4, -0.2) is 96.7 Å². The molecule has 103 heavy (non-hydrogen) atoms. The summed E-state index contributed by atoms with van der Waals surface area (Å²) >= 11 is 0. The fourth-order valence-corrected chi connectivity index (χ4v) is 13.6. The van der Waals surface area contributed by atoms with Crippen molar-refractivity contribution in [2.75, 3.05) is 39.6 Å². The molecular formula is C84H156O17P2. The first-order valence-corrected chi connectivity index (χ1v) is 45.3. The lowest BCUT2D eigenvalue weighted by Gasteiger charge is -2.21. The first-order chi connectivity index (χ1) is 50.1. The maximum absolute atomic E-state index is 13.1. The van der Waals surface area contributed by atoms with Crippen molar-refractivity contribution in [3.8, 4) is 0 Å². The molecule has 0 rings (SSSR count). The topological polar surface area (TPSA) is 237 Å². The van der Waals surface area contributed by atoms with Crippen molar-refractivity contribution in [3.63, 3.8) is 0 Å². The molecule has 0 heterocycles. The number of allylic oxidation sites excluding steroid dienone is 8. The number of aliphatic hydroxyl groups is 1. The maximum atomic E-state index is 13.1. The molecular weight excluding hydrogens is 1340 g/mol. The molecule has 6 atom stereocenters. The normalized spacial score (nSPS) is 14.4. The van der Waals surface area contributed by atoms with E-state index < -0.39 is 97.5 Å². The third-order valence-electron chi connectivity index (χ3n) is 18.9. The summed E-state index contributed by atoms with van der Waals surface area (Å²) in [5.74, 6) is -1.39. The Kier molecular flexibility index (Phi) is 73.6. The Bertz CT molecular complexity index is 2150. The molecule has 0 aromatic heterocycles. The Balaban J connectivity index is 5.31. The Morgan fingerprint density at radius 2 is 0.544 bits per heavy atom. The number of esters is 4. The highest BCUT2D eigenvalue weighted by molar-refractivity contribution is 7.47. The van der Waals surface area contributed by atoms with E-state index in [9.17, 15) is 43.2 Å². The van der Waals surface area contributed by atoms with Crippen LogP contribution in [0, 0.1) is 5.92 Å². The van der Waals surface area contributed by atoms with Crippen molar-refractivity contribution in [2.45, 2.75) is 419 Å². The van der Waals surface area contributed by atoms with Gasteiger partial charge in [0.05, 0.1) is 26.4 Å². The first-order valence-electron chi connectivity index (χ1n) is 42.3. The lowest BCUT2D eigenvalue weighted by molar-refractivity contribution is -0.161. The number of carbonyl (C=O) groups is 4. The molecule has 604 valence electrons. The number of unbranched alkanes of at least 4 members (excludes halogenated alkanes) is 45. The smallest absolute Gasteiger partial charge is 0.462 e. The Morgan fingerprint density at radius 3 is 0.825 bits per heavy atom. The van der Waals surface area contributed by atoms with Crippen LogP contribution in [0.15, 0.2) is 48.6 Å². The summed E-state index contributed by atoms with van der Waals surface area (Å²) in [5.41, 5.74) is 0. The summed E-state index contributed by atoms with van der Waals surface area (Å²) in [7, 11) is -9.95. The number of hydrogen-bond acceptors (Lipinski definition) is 15. The molecule has 19 heteroatoms. The van der Waals surface area contributed by atoms with Crippen molar-refractivity contribution in [2.24, 2.45) is 5.92 Å². The van der Waals surface area contributed by atoms with E-state index in [-0.39, 0.29) is 25.7 Å². The van der Waals surface area contributed by atoms with Crippen LogP contribution in [-0.2, 0) is 65.4 Å². The minimum atomic E-state index is -4.98. The van der Waals surface area contributed by atoms with E-state index in [1.807, 2.05) is 0 Å². The lowest BCUT2D eigenvalue weighted by atomic mass is 9.99. The highest BCUT2D eigenvalue weighted by atomic mass is 31.2. The van der Waals surface area contributed by atoms with Gasteiger partial charge < -0.3 is 33.8 Å². The zero-order chi connectivity index (χ0) is 75.5. The van der Waals surface area contributed by atoms with Crippen LogP contribution in [0.2, 0.25) is 0 Å². The van der Waals surface area contributed by atoms with Crippen LogP contribution in [0.3, 0.4) is 0 Å². The Labute approximate surface area is 629 Å². The highest BCUT2D eigenvalue weighted by Crippen LogP contribution is 2.45. The molecule has 0 saturated carbocycles. The largest absolute Gasteiger partial charge is 0.472 e. The molecule has 0 bridgehead atoms. The summed E-state index contributed by atoms with van der Waals surface area (Å²) in [6.45, 7) is 7.21. The summed E-state index contributed by atoms with van der Waals surface area (Å²) in [6.07, 6.45) is 73.8. The molecule has 0 aliphatic rings. The molecule has 0 saturated heterocycles. The minimum absolute atomic E-state index is 0.0826. The molecule has 0 fully saturated rings. The molecule has 0 aromatic rings. The van der Waals surface area contributed by atoms with Crippen LogP contribution < -0.4 is 0 Å². The SMILES string of the molecule is CCCCCC/C=C\C=C/CCCCCCCC(=O)OC[C@H](COP(=O)(O)OC[C@@H](O)COP(=O)(O)OC[C@@H](COC(=O)CCCCCCCCCCC(C)CC)OC(=O)CCCCCCC/C=C\C=C/CCCCCC)OC(=O)CCCCCCCCCCCCCCCCCCCCCCC. The standard InChI is InChI=1S/C84H156O17P2/c1-6-10-13-16-19-22-25-28-31-32-33-34-35-36-39-42-45-48-55-60-65-70-83(88)100-79(73-94-81(86)67-62-57-52-46-43-40-37-29-26-23-20-17-14-11-7-2)75-98-102(90,91)96-71-78(85)72-97-103(92,93)99-76-80(74-95-82(87)68-63-58-53-50-49-51-56-61-66-77(5)9-4)101-84(89)69-64-59-54-47-44-41-38-30-27-24-21-18-15-12-8-3/h23-24,26-27,29-30,37-38,77-80,85H,6-22,25,28,31-36,39-76H2,1-5H3,(H,90,91)(H,92,93)/b26-23-,27-24-,37-29-,38-30-/t77?,78-,79-,80-/m1/s1. The zero-order valence-corrected chi connectivity index (χ0v) is 68.2. The third kappa shape index (κ3) is 75.6. The maximum Gasteiger partial charge on any atom is 0.472 e. The number of phosphoric acid groups is 2. The molecule has 3 unspecified atom stereocenters. The van der Waals surface area contributed by atoms with Gasteiger partial charge >= 0.3 is 39.5 Å². The van der Waals surface area contributed by atoms with Gasteiger partial charge in [0, 0.05) is 25.7 Å². The van der Waals surface area contributed by atoms with Gasteiger partial charge in [-0.15, -0.1) is 0 Å². The molecule has 0 radical (unpaired) electrons. The van der Waals surface area contributed by atoms with Gasteiger partial charge in [0.2, 0.25) is 0 Å². The van der Waals surface area contributed by atoms with Crippen molar-refractivity contribution in [3.05, 3.63) is 48.6 Å². The van der Waals surface area contributed by atoms with E-state index in [1.54, 1.807) is 0 Å². The monoisotopic (exact) mass is 1500 g/mol. The zero-order valence-electron chi connectivity index (χ0n) is 66.4. The van der Waals surface area contributed by atoms with Crippen molar-refractivity contribution in [1.29, 1.82) is 0 Å². The number of rotatable bonds is 80. The van der Waals surface area contributed by atoms with Gasteiger partial charge in [-0.2, -0.15) is 0 Å². The fourth-order valence-electron chi connectivity index (χ4n) is 12.0. The predicted octanol–water partition coefficient (Wildman–Crippen LogP) is 24.7. The number of aliphatic hydroxyl groups excluding tert-OH is 1. The van der Waals surface area contributed by atoms with Crippen LogP contribution in [0.1, 0.15) is 401 Å². The van der Waals surface area contributed by atoms with Crippen molar-refractivity contribution >= 4 is 39.5 Å². The minimum Gasteiger partial charge on any atom is -0.462 e. The van der Waals surface area contributed by atoms with E-state index in [4.69, 9.17) is 37.0 Å².